The summed E-state index contributed by atoms with van der Waals surface area (Å²) >= 11 is 0. The second kappa shape index (κ2) is 9.16. The first-order valence-corrected chi connectivity index (χ1v) is 9.54. The number of carbonyl (C=O) groups is 1. The number of amides is 1. The Morgan fingerprint density at radius 3 is 2.41 bits per heavy atom. The third kappa shape index (κ3) is 4.89. The predicted octanol–water partition coefficient (Wildman–Crippen LogP) is 2.83. The van der Waals surface area contributed by atoms with Crippen LogP contribution in [0.2, 0.25) is 0 Å². The van der Waals surface area contributed by atoms with Crippen molar-refractivity contribution in [2.24, 2.45) is 0 Å². The van der Waals surface area contributed by atoms with Crippen LogP contribution in [0.5, 0.6) is 0 Å². The number of hydrogen-bond donors (Lipinski definition) is 1. The van der Waals surface area contributed by atoms with Crippen molar-refractivity contribution in [1.29, 1.82) is 0 Å². The highest BCUT2D eigenvalue weighted by molar-refractivity contribution is 5.92. The zero-order valence-electron chi connectivity index (χ0n) is 15.9. The Morgan fingerprint density at radius 1 is 1.00 bits per heavy atom. The number of nitrogens with one attached hydrogen (secondary N) is 1. The summed E-state index contributed by atoms with van der Waals surface area (Å²) in [7, 11) is 0. The van der Waals surface area contributed by atoms with Gasteiger partial charge in [0.1, 0.15) is 6.04 Å². The molecule has 1 aliphatic rings. The second-order valence-corrected chi connectivity index (χ2v) is 6.62. The van der Waals surface area contributed by atoms with E-state index < -0.39 is 6.04 Å². The maximum absolute atomic E-state index is 12.6. The number of carbonyl (C=O) groups excluding carboxylic acids is 1. The molecule has 1 saturated heterocycles. The van der Waals surface area contributed by atoms with Crippen LogP contribution in [0.4, 0.5) is 6.01 Å². The fourth-order valence-electron chi connectivity index (χ4n) is 3.09. The van der Waals surface area contributed by atoms with Gasteiger partial charge in [0.05, 0.1) is 13.2 Å². The molecule has 0 radical (unpaired) electrons. The molecule has 1 aromatic heterocycles. The number of rotatable bonds is 6. The number of hydrogen-bond acceptors (Lipinski definition) is 6. The van der Waals surface area contributed by atoms with Crippen molar-refractivity contribution in [3.63, 3.8) is 0 Å². The molecule has 1 amide bonds. The Bertz CT molecular complexity index is 950. The number of aromatic nitrogens is 2. The largest absolute Gasteiger partial charge is 0.405 e. The van der Waals surface area contributed by atoms with Gasteiger partial charge in [0.25, 0.3) is 0 Å². The lowest BCUT2D eigenvalue weighted by atomic mass is 10.1. The first-order valence-electron chi connectivity index (χ1n) is 9.54. The van der Waals surface area contributed by atoms with Gasteiger partial charge in [-0.15, -0.1) is 5.10 Å². The van der Waals surface area contributed by atoms with E-state index in [0.29, 0.717) is 38.2 Å². The number of nitrogens with zero attached hydrogens (tertiary/aromatic N) is 3. The number of morpholine rings is 1. The molecule has 3 aromatic rings. The summed E-state index contributed by atoms with van der Waals surface area (Å²) in [5.74, 6) is 0.105. The van der Waals surface area contributed by atoms with Gasteiger partial charge in [-0.05, 0) is 17.2 Å². The Hall–Kier alpha value is -3.45. The van der Waals surface area contributed by atoms with Gasteiger partial charge in [0.15, 0.2) is 0 Å². The highest BCUT2D eigenvalue weighted by Crippen LogP contribution is 2.24. The molecule has 1 aliphatic heterocycles. The normalized spacial score (nSPS) is 15.4. The molecule has 0 saturated carbocycles. The molecule has 0 bridgehead atoms. The Kier molecular flexibility index (Phi) is 5.97. The number of benzene rings is 2. The van der Waals surface area contributed by atoms with Gasteiger partial charge < -0.3 is 19.4 Å². The molecule has 1 fully saturated rings. The summed E-state index contributed by atoms with van der Waals surface area (Å²) in [6, 6.07) is 19.2. The number of ether oxygens (including phenoxy) is 1. The van der Waals surface area contributed by atoms with Crippen molar-refractivity contribution in [3.8, 4) is 0 Å². The molecule has 29 heavy (non-hydrogen) atoms. The van der Waals surface area contributed by atoms with E-state index in [2.05, 4.69) is 15.5 Å². The highest BCUT2D eigenvalue weighted by Gasteiger charge is 2.24. The van der Waals surface area contributed by atoms with Crippen molar-refractivity contribution in [2.75, 3.05) is 31.2 Å². The molecule has 148 valence electrons. The van der Waals surface area contributed by atoms with Gasteiger partial charge in [-0.2, -0.15) is 0 Å². The minimum atomic E-state index is -0.536. The first-order chi connectivity index (χ1) is 14.3. The third-order valence-corrected chi connectivity index (χ3v) is 4.60. The molecule has 0 unspecified atom stereocenters. The summed E-state index contributed by atoms with van der Waals surface area (Å²) in [5.41, 5.74) is 1.82. The topological polar surface area (TPSA) is 80.5 Å². The van der Waals surface area contributed by atoms with Crippen molar-refractivity contribution in [2.45, 2.75) is 6.04 Å². The van der Waals surface area contributed by atoms with Crippen LogP contribution < -0.4 is 10.2 Å². The van der Waals surface area contributed by atoms with Crippen LogP contribution in [0.15, 0.2) is 71.2 Å². The smallest absolute Gasteiger partial charge is 0.318 e. The fraction of sp³-hybridized carbons (Fsp3) is 0.227. The van der Waals surface area contributed by atoms with Gasteiger partial charge in [0.2, 0.25) is 11.8 Å². The van der Waals surface area contributed by atoms with Crippen molar-refractivity contribution in [1.82, 2.24) is 15.5 Å². The van der Waals surface area contributed by atoms with E-state index in [1.807, 2.05) is 65.6 Å². The lowest BCUT2D eigenvalue weighted by Gasteiger charge is -2.24. The van der Waals surface area contributed by atoms with Crippen LogP contribution in [0.1, 0.15) is 23.1 Å². The van der Waals surface area contributed by atoms with Crippen molar-refractivity contribution >= 4 is 18.0 Å². The minimum Gasteiger partial charge on any atom is -0.405 e. The summed E-state index contributed by atoms with van der Waals surface area (Å²) in [4.78, 5) is 14.6. The predicted molar refractivity (Wildman–Crippen MR) is 109 cm³/mol. The van der Waals surface area contributed by atoms with E-state index in [0.717, 1.165) is 11.1 Å². The Labute approximate surface area is 169 Å². The van der Waals surface area contributed by atoms with Crippen LogP contribution in [-0.2, 0) is 9.53 Å². The quantitative estimate of drug-likeness (QED) is 0.652. The van der Waals surface area contributed by atoms with E-state index in [9.17, 15) is 4.79 Å². The van der Waals surface area contributed by atoms with Crippen LogP contribution >= 0.6 is 0 Å². The van der Waals surface area contributed by atoms with Crippen LogP contribution in [0.25, 0.3) is 6.08 Å². The summed E-state index contributed by atoms with van der Waals surface area (Å²) in [5, 5.41) is 11.3. The van der Waals surface area contributed by atoms with Crippen LogP contribution in [-0.4, -0.2) is 42.4 Å². The van der Waals surface area contributed by atoms with E-state index in [-0.39, 0.29) is 5.91 Å². The monoisotopic (exact) mass is 390 g/mol. The summed E-state index contributed by atoms with van der Waals surface area (Å²) < 4.78 is 11.3. The standard InChI is InChI=1S/C22H22N4O3/c27-19(12-11-17-7-3-1-4-8-17)23-20(18-9-5-2-6-10-18)21-24-25-22(29-21)26-13-15-28-16-14-26/h1-12,20H,13-16H2,(H,23,27)/b12-11+/t20-/m0/s1. The van der Waals surface area contributed by atoms with Gasteiger partial charge in [-0.25, -0.2) is 0 Å². The molecule has 2 heterocycles. The van der Waals surface area contributed by atoms with Crippen molar-refractivity contribution in [3.05, 3.63) is 83.8 Å². The van der Waals surface area contributed by atoms with Crippen LogP contribution in [0, 0.1) is 0 Å². The first kappa shape index (κ1) is 18.9. The maximum Gasteiger partial charge on any atom is 0.318 e. The molecule has 4 rings (SSSR count). The molecule has 7 heteroatoms. The molecule has 2 aromatic carbocycles. The Morgan fingerprint density at radius 2 is 1.69 bits per heavy atom. The van der Waals surface area contributed by atoms with Gasteiger partial charge in [0, 0.05) is 19.2 Å². The van der Waals surface area contributed by atoms with Gasteiger partial charge in [-0.1, -0.05) is 65.8 Å². The van der Waals surface area contributed by atoms with E-state index in [1.54, 1.807) is 6.08 Å². The zero-order chi connectivity index (χ0) is 19.9. The van der Waals surface area contributed by atoms with E-state index in [4.69, 9.17) is 9.15 Å². The average molecular weight is 390 g/mol. The maximum atomic E-state index is 12.6. The Balaban J connectivity index is 1.53. The second-order valence-electron chi connectivity index (χ2n) is 6.62. The molecule has 1 atom stereocenters. The highest BCUT2D eigenvalue weighted by atomic mass is 16.5. The minimum absolute atomic E-state index is 0.242. The third-order valence-electron chi connectivity index (χ3n) is 4.60. The van der Waals surface area contributed by atoms with Crippen molar-refractivity contribution < 1.29 is 13.9 Å². The average Bonchev–Trinajstić information content (AvgIpc) is 3.28. The number of anilines is 1. The van der Waals surface area contributed by atoms with Crippen LogP contribution in [0.3, 0.4) is 0 Å². The molecule has 7 nitrogen and oxygen atoms in total. The van der Waals surface area contributed by atoms with E-state index in [1.165, 1.54) is 6.08 Å². The van der Waals surface area contributed by atoms with E-state index >= 15 is 0 Å². The molecule has 0 aliphatic carbocycles. The molecule has 0 spiro atoms. The lowest BCUT2D eigenvalue weighted by molar-refractivity contribution is -0.117. The summed E-state index contributed by atoms with van der Waals surface area (Å²) in [6.07, 6.45) is 3.27. The van der Waals surface area contributed by atoms with Gasteiger partial charge >= 0.3 is 6.01 Å². The lowest BCUT2D eigenvalue weighted by Crippen LogP contribution is -2.36. The SMILES string of the molecule is O=C(/C=C/c1ccccc1)N[C@@H](c1ccccc1)c1nnc(N2CCOCC2)o1. The zero-order valence-corrected chi connectivity index (χ0v) is 15.9. The molecular formula is C22H22N4O3. The molecular weight excluding hydrogens is 368 g/mol. The molecule has 1 N–H and O–H groups in total. The summed E-state index contributed by atoms with van der Waals surface area (Å²) in [6.45, 7) is 2.65. The fourth-order valence-corrected chi connectivity index (χ4v) is 3.09. The van der Waals surface area contributed by atoms with Gasteiger partial charge in [-0.3, -0.25) is 4.79 Å².